The highest BCUT2D eigenvalue weighted by Gasteiger charge is 2.26. The summed E-state index contributed by atoms with van der Waals surface area (Å²) in [4.78, 5) is 18.4. The Morgan fingerprint density at radius 1 is 0.974 bits per heavy atom. The van der Waals surface area contributed by atoms with E-state index >= 15 is 0 Å². The second kappa shape index (κ2) is 10.9. The summed E-state index contributed by atoms with van der Waals surface area (Å²) < 4.78 is 7.76. The highest BCUT2D eigenvalue weighted by molar-refractivity contribution is 7.15. The first-order chi connectivity index (χ1) is 17.9. The Balaban J connectivity index is 1.63. The third kappa shape index (κ3) is 6.09. The molecule has 38 heavy (non-hydrogen) atoms. The van der Waals surface area contributed by atoms with E-state index in [4.69, 9.17) is 4.74 Å². The monoisotopic (exact) mass is 533 g/mol. The largest absolute Gasteiger partial charge is 0.507 e. The molecule has 2 aromatic carbocycles. The van der Waals surface area contributed by atoms with E-state index in [-0.39, 0.29) is 16.4 Å². The van der Waals surface area contributed by atoms with E-state index in [9.17, 15) is 9.90 Å². The van der Waals surface area contributed by atoms with Gasteiger partial charge in [0.1, 0.15) is 11.5 Å². The number of unbranched alkanes of at least 4 members (excludes halogenated alkanes) is 3. The van der Waals surface area contributed by atoms with Crippen molar-refractivity contribution in [1.29, 1.82) is 0 Å². The second-order valence-corrected chi connectivity index (χ2v) is 13.0. The van der Waals surface area contributed by atoms with Crippen LogP contribution in [0.4, 0.5) is 0 Å². The minimum atomic E-state index is -0.246. The number of aromatic hydroxyl groups is 1. The third-order valence-electron chi connectivity index (χ3n) is 6.61. The van der Waals surface area contributed by atoms with Gasteiger partial charge in [-0.2, -0.15) is 9.50 Å². The van der Waals surface area contributed by atoms with Gasteiger partial charge in [0, 0.05) is 16.7 Å². The summed E-state index contributed by atoms with van der Waals surface area (Å²) in [7, 11) is 0. The lowest BCUT2D eigenvalue weighted by Crippen LogP contribution is -2.24. The van der Waals surface area contributed by atoms with Crippen LogP contribution in [0.3, 0.4) is 0 Å². The molecule has 0 saturated heterocycles. The molecule has 2 aromatic heterocycles. The number of ether oxygens (including phenoxy) is 1. The molecule has 0 aliphatic rings. The van der Waals surface area contributed by atoms with E-state index in [1.807, 2.05) is 42.5 Å². The van der Waals surface area contributed by atoms with Crippen molar-refractivity contribution in [2.75, 3.05) is 6.61 Å². The van der Waals surface area contributed by atoms with Crippen LogP contribution in [0.15, 0.2) is 41.2 Å². The van der Waals surface area contributed by atoms with Crippen LogP contribution in [0, 0.1) is 0 Å². The summed E-state index contributed by atoms with van der Waals surface area (Å²) in [6.07, 6.45) is 6.56. The van der Waals surface area contributed by atoms with Crippen molar-refractivity contribution < 1.29 is 9.84 Å². The van der Waals surface area contributed by atoms with E-state index in [0.717, 1.165) is 34.4 Å². The number of benzene rings is 2. The molecule has 4 rings (SSSR count). The Hall–Kier alpha value is -3.19. The zero-order chi connectivity index (χ0) is 27.7. The molecule has 6 nitrogen and oxygen atoms in total. The Morgan fingerprint density at radius 3 is 2.16 bits per heavy atom. The van der Waals surface area contributed by atoms with Crippen LogP contribution >= 0.6 is 11.3 Å². The number of aromatic nitrogens is 3. The molecule has 1 N–H and O–H groups in total. The van der Waals surface area contributed by atoms with Crippen molar-refractivity contribution in [2.45, 2.75) is 85.0 Å². The summed E-state index contributed by atoms with van der Waals surface area (Å²) in [5.41, 5.74) is 2.75. The molecule has 0 bridgehead atoms. The zero-order valence-electron chi connectivity index (χ0n) is 23.6. The molecule has 202 valence electrons. The molecule has 0 radical (unpaired) electrons. The molecular weight excluding hydrogens is 494 g/mol. The van der Waals surface area contributed by atoms with Gasteiger partial charge in [0.2, 0.25) is 4.96 Å². The maximum atomic E-state index is 13.2. The Labute approximate surface area is 229 Å². The number of fused-ring (bicyclic) bond motifs is 1. The molecule has 0 aliphatic heterocycles. The number of rotatable bonds is 8. The van der Waals surface area contributed by atoms with Crippen LogP contribution in [0.25, 0.3) is 22.4 Å². The topological polar surface area (TPSA) is 76.7 Å². The third-order valence-corrected chi connectivity index (χ3v) is 7.57. The van der Waals surface area contributed by atoms with Crippen LogP contribution in [0.2, 0.25) is 0 Å². The number of hydrogen-bond acceptors (Lipinski definition) is 6. The average molecular weight is 534 g/mol. The fourth-order valence-corrected chi connectivity index (χ4v) is 5.32. The lowest BCUT2D eigenvalue weighted by atomic mass is 9.78. The van der Waals surface area contributed by atoms with Crippen molar-refractivity contribution in [3.8, 4) is 22.9 Å². The van der Waals surface area contributed by atoms with Crippen molar-refractivity contribution in [3.63, 3.8) is 0 Å². The minimum absolute atomic E-state index is 0.196. The first-order valence-electron chi connectivity index (χ1n) is 13.4. The molecule has 0 spiro atoms. The van der Waals surface area contributed by atoms with E-state index in [1.165, 1.54) is 35.1 Å². The van der Waals surface area contributed by atoms with E-state index < -0.39 is 0 Å². The van der Waals surface area contributed by atoms with Crippen LogP contribution in [-0.2, 0) is 10.8 Å². The molecule has 7 heteroatoms. The molecule has 0 amide bonds. The quantitative estimate of drug-likeness (QED) is 0.257. The van der Waals surface area contributed by atoms with Gasteiger partial charge in [-0.1, -0.05) is 79.1 Å². The van der Waals surface area contributed by atoms with Crippen LogP contribution in [-0.4, -0.2) is 26.3 Å². The second-order valence-electron chi connectivity index (χ2n) is 11.9. The van der Waals surface area contributed by atoms with Gasteiger partial charge in [0.15, 0.2) is 5.82 Å². The fraction of sp³-hybridized carbons (Fsp3) is 0.452. The first-order valence-corrected chi connectivity index (χ1v) is 14.2. The van der Waals surface area contributed by atoms with Crippen LogP contribution < -0.4 is 14.8 Å². The highest BCUT2D eigenvalue weighted by atomic mass is 32.1. The van der Waals surface area contributed by atoms with Crippen molar-refractivity contribution in [2.24, 2.45) is 0 Å². The highest BCUT2D eigenvalue weighted by Crippen LogP contribution is 2.40. The van der Waals surface area contributed by atoms with Gasteiger partial charge >= 0.3 is 0 Å². The minimum Gasteiger partial charge on any atom is -0.507 e. The van der Waals surface area contributed by atoms with Gasteiger partial charge in [-0.3, -0.25) is 4.79 Å². The number of thiazole rings is 1. The Bertz CT molecular complexity index is 1490. The van der Waals surface area contributed by atoms with Gasteiger partial charge in [0.05, 0.1) is 11.1 Å². The predicted molar refractivity (Wildman–Crippen MR) is 156 cm³/mol. The molecule has 0 fully saturated rings. The van der Waals surface area contributed by atoms with Crippen molar-refractivity contribution in [1.82, 2.24) is 14.6 Å². The molecule has 0 saturated carbocycles. The van der Waals surface area contributed by atoms with Crippen molar-refractivity contribution >= 4 is 22.4 Å². The fourth-order valence-electron chi connectivity index (χ4n) is 4.41. The van der Waals surface area contributed by atoms with Crippen LogP contribution in [0.1, 0.15) is 90.8 Å². The van der Waals surface area contributed by atoms with E-state index in [0.29, 0.717) is 27.7 Å². The summed E-state index contributed by atoms with van der Waals surface area (Å²) in [6, 6.07) is 11.6. The Kier molecular flexibility index (Phi) is 7.98. The standard InChI is InChI=1S/C31H39N3O3S/c1-8-9-10-11-16-37-22-14-12-21(13-15-22)27-32-29-34(33-27)28(36)25(38-29)19-20-17-23(30(2,3)4)26(35)24(18-20)31(5,6)7/h12-15,17-19,35H,8-11,16H2,1-7H3/b25-19+. The molecule has 0 aliphatic carbocycles. The summed E-state index contributed by atoms with van der Waals surface area (Å²) in [5.74, 6) is 1.67. The van der Waals surface area contributed by atoms with E-state index in [2.05, 4.69) is 58.5 Å². The smallest absolute Gasteiger partial charge is 0.291 e. The maximum Gasteiger partial charge on any atom is 0.291 e. The zero-order valence-corrected chi connectivity index (χ0v) is 24.4. The molecular formula is C31H39N3O3S. The number of hydrogen-bond donors (Lipinski definition) is 1. The Morgan fingerprint density at radius 2 is 1.61 bits per heavy atom. The van der Waals surface area contributed by atoms with Gasteiger partial charge in [-0.05, 0) is 65.3 Å². The molecule has 0 atom stereocenters. The molecule has 0 unspecified atom stereocenters. The van der Waals surface area contributed by atoms with E-state index in [1.54, 1.807) is 0 Å². The number of phenols is 1. The van der Waals surface area contributed by atoms with Crippen LogP contribution in [0.5, 0.6) is 11.5 Å². The SMILES string of the molecule is CCCCCCOc1ccc(-c2nc3s/c(=C/c4cc(C(C)(C)C)c(O)c(C(C)(C)C)c4)c(=O)n3n2)cc1. The first kappa shape index (κ1) is 27.8. The number of phenolic OH excluding ortho intramolecular Hbond substituents is 1. The van der Waals surface area contributed by atoms with Gasteiger partial charge in [0.25, 0.3) is 5.56 Å². The molecule has 2 heterocycles. The van der Waals surface area contributed by atoms with Gasteiger partial charge < -0.3 is 9.84 Å². The number of nitrogens with zero attached hydrogens (tertiary/aromatic N) is 3. The lowest BCUT2D eigenvalue weighted by molar-refractivity contribution is 0.305. The van der Waals surface area contributed by atoms with Crippen molar-refractivity contribution in [3.05, 3.63) is 68.0 Å². The summed E-state index contributed by atoms with van der Waals surface area (Å²) in [5, 5.41) is 15.5. The summed E-state index contributed by atoms with van der Waals surface area (Å²) in [6.45, 7) is 15.4. The lowest BCUT2D eigenvalue weighted by Gasteiger charge is -2.27. The average Bonchev–Trinajstić information content (AvgIpc) is 3.38. The molecule has 4 aromatic rings. The maximum absolute atomic E-state index is 13.2. The summed E-state index contributed by atoms with van der Waals surface area (Å²) >= 11 is 1.32. The normalized spacial score (nSPS) is 13.0. The van der Waals surface area contributed by atoms with Gasteiger partial charge in [-0.25, -0.2) is 0 Å². The predicted octanol–water partition coefficient (Wildman–Crippen LogP) is 6.63. The van der Waals surface area contributed by atoms with Gasteiger partial charge in [-0.15, -0.1) is 5.10 Å².